The lowest BCUT2D eigenvalue weighted by Gasteiger charge is -2.16. The van der Waals surface area contributed by atoms with Gasteiger partial charge < -0.3 is 25.0 Å². The van der Waals surface area contributed by atoms with E-state index in [-0.39, 0.29) is 0 Å². The third kappa shape index (κ3) is 3.14. The maximum Gasteiger partial charge on any atom is 0.351 e. The number of halogens is 2. The molecule has 0 aliphatic carbocycles. The molecule has 4 N–H and O–H groups in total. The lowest BCUT2D eigenvalue weighted by atomic mass is 10.1. The van der Waals surface area contributed by atoms with Crippen LogP contribution in [-0.4, -0.2) is 54.8 Å². The van der Waals surface area contributed by atoms with Gasteiger partial charge in [-0.05, 0) is 23.8 Å². The Hall–Kier alpha value is -1.94. The molecule has 0 spiro atoms. The number of aliphatic hydroxyl groups excluding tert-OH is 3. The van der Waals surface area contributed by atoms with E-state index in [0.717, 1.165) is 10.1 Å². The fourth-order valence-electron chi connectivity index (χ4n) is 3.12. The quantitative estimate of drug-likeness (QED) is 0.515. The van der Waals surface area contributed by atoms with Crippen molar-refractivity contribution < 1.29 is 20.1 Å². The molecule has 4 atom stereocenters. The third-order valence-electron chi connectivity index (χ3n) is 4.55. The Labute approximate surface area is 162 Å². The van der Waals surface area contributed by atoms with E-state index in [0.29, 0.717) is 26.8 Å². The number of nitrogens with one attached hydrogen (secondary N) is 1. The zero-order chi connectivity index (χ0) is 19.3. The number of aromatic amines is 1. The van der Waals surface area contributed by atoms with Gasteiger partial charge in [-0.25, -0.2) is 4.79 Å². The molecule has 1 fully saturated rings. The van der Waals surface area contributed by atoms with E-state index < -0.39 is 36.8 Å². The van der Waals surface area contributed by atoms with Gasteiger partial charge in [0.05, 0.1) is 16.7 Å². The molecule has 0 saturated carbocycles. The summed E-state index contributed by atoms with van der Waals surface area (Å²) in [6.45, 7) is -0.481. The number of fused-ring (bicyclic) bond motifs is 1. The Bertz CT molecular complexity index is 1070. The molecule has 0 bridgehead atoms. The normalized spacial score (nSPS) is 25.4. The molecule has 0 radical (unpaired) electrons. The van der Waals surface area contributed by atoms with E-state index in [2.05, 4.69) is 9.97 Å². The fourth-order valence-corrected chi connectivity index (χ4v) is 3.42. The summed E-state index contributed by atoms with van der Waals surface area (Å²) in [5.41, 5.74) is 1.12. The predicted octanol–water partition coefficient (Wildman–Crippen LogP) is 1.31. The summed E-state index contributed by atoms with van der Waals surface area (Å²) in [6.07, 6.45) is -3.33. The molecule has 27 heavy (non-hydrogen) atoms. The van der Waals surface area contributed by atoms with Crippen LogP contribution in [0.3, 0.4) is 0 Å². The number of benzene rings is 1. The summed E-state index contributed by atoms with van der Waals surface area (Å²) >= 11 is 12.0. The van der Waals surface area contributed by atoms with Crippen LogP contribution in [0.15, 0.2) is 35.3 Å². The van der Waals surface area contributed by atoms with Crippen molar-refractivity contribution in [3.63, 3.8) is 0 Å². The molecule has 0 unspecified atom stereocenters. The van der Waals surface area contributed by atoms with Crippen LogP contribution in [0.25, 0.3) is 22.3 Å². The van der Waals surface area contributed by atoms with Crippen LogP contribution in [0, 0.1) is 0 Å². The van der Waals surface area contributed by atoms with Gasteiger partial charge in [-0.3, -0.25) is 4.57 Å². The van der Waals surface area contributed by atoms with Gasteiger partial charge >= 0.3 is 5.69 Å². The maximum absolute atomic E-state index is 12.4. The largest absolute Gasteiger partial charge is 0.394 e. The van der Waals surface area contributed by atoms with E-state index in [1.807, 2.05) is 0 Å². The Morgan fingerprint density at radius 3 is 2.63 bits per heavy atom. The first-order chi connectivity index (χ1) is 12.9. The van der Waals surface area contributed by atoms with E-state index in [1.165, 1.54) is 6.20 Å². The van der Waals surface area contributed by atoms with Gasteiger partial charge in [-0.1, -0.05) is 29.3 Å². The Morgan fingerprint density at radius 2 is 1.96 bits per heavy atom. The van der Waals surface area contributed by atoms with Crippen molar-refractivity contribution >= 4 is 34.2 Å². The Kier molecular flexibility index (Phi) is 4.71. The van der Waals surface area contributed by atoms with Gasteiger partial charge in [0.25, 0.3) is 0 Å². The van der Waals surface area contributed by atoms with Crippen molar-refractivity contribution in [2.75, 3.05) is 6.61 Å². The molecule has 2 aromatic heterocycles. The minimum atomic E-state index is -1.37. The first kappa shape index (κ1) is 18.4. The van der Waals surface area contributed by atoms with Crippen LogP contribution in [0.4, 0.5) is 0 Å². The molecule has 1 saturated heterocycles. The minimum Gasteiger partial charge on any atom is -0.394 e. The van der Waals surface area contributed by atoms with Gasteiger partial charge in [0.2, 0.25) is 0 Å². The van der Waals surface area contributed by atoms with Crippen LogP contribution < -0.4 is 5.69 Å². The highest BCUT2D eigenvalue weighted by Crippen LogP contribution is 2.31. The molecule has 0 amide bonds. The monoisotopic (exact) mass is 411 g/mol. The number of aliphatic hydroxyl groups is 3. The van der Waals surface area contributed by atoms with Crippen LogP contribution in [0.5, 0.6) is 0 Å². The van der Waals surface area contributed by atoms with E-state index >= 15 is 0 Å². The second-order valence-electron chi connectivity index (χ2n) is 6.28. The van der Waals surface area contributed by atoms with E-state index in [4.69, 9.17) is 27.9 Å². The van der Waals surface area contributed by atoms with Gasteiger partial charge in [-0.15, -0.1) is 0 Å². The SMILES string of the molecule is O=c1nc2[nH]c(-c3ccc(Cl)c(Cl)c3)cc2cn1[C@@H]1O[C@H](CO)[C@@H](O)[C@@H]1O. The molecular formula is C17H15Cl2N3O5. The topological polar surface area (TPSA) is 121 Å². The molecule has 1 aliphatic rings. The minimum absolute atomic E-state index is 0.351. The molecule has 142 valence electrons. The molecular weight excluding hydrogens is 397 g/mol. The number of hydrogen-bond donors (Lipinski definition) is 4. The van der Waals surface area contributed by atoms with Crippen molar-refractivity contribution in [1.82, 2.24) is 14.5 Å². The maximum atomic E-state index is 12.4. The van der Waals surface area contributed by atoms with Crippen molar-refractivity contribution in [1.29, 1.82) is 0 Å². The Morgan fingerprint density at radius 1 is 1.19 bits per heavy atom. The zero-order valence-corrected chi connectivity index (χ0v) is 15.2. The molecule has 4 rings (SSSR count). The van der Waals surface area contributed by atoms with Crippen molar-refractivity contribution in [2.24, 2.45) is 0 Å². The molecule has 3 heterocycles. The number of hydrogen-bond acceptors (Lipinski definition) is 6. The molecule has 8 nitrogen and oxygen atoms in total. The van der Waals surface area contributed by atoms with Crippen LogP contribution in [-0.2, 0) is 4.74 Å². The first-order valence-electron chi connectivity index (χ1n) is 8.09. The summed E-state index contributed by atoms with van der Waals surface area (Å²) < 4.78 is 6.50. The van der Waals surface area contributed by atoms with Crippen LogP contribution in [0.2, 0.25) is 10.0 Å². The van der Waals surface area contributed by atoms with E-state index in [1.54, 1.807) is 24.3 Å². The molecule has 1 aromatic carbocycles. The highest BCUT2D eigenvalue weighted by Gasteiger charge is 2.43. The number of aromatic nitrogens is 3. The summed E-state index contributed by atoms with van der Waals surface area (Å²) in [5, 5.41) is 30.7. The van der Waals surface area contributed by atoms with Crippen molar-refractivity contribution in [2.45, 2.75) is 24.5 Å². The third-order valence-corrected chi connectivity index (χ3v) is 5.29. The molecule has 3 aromatic rings. The van der Waals surface area contributed by atoms with Crippen LogP contribution in [0.1, 0.15) is 6.23 Å². The highest BCUT2D eigenvalue weighted by atomic mass is 35.5. The second-order valence-corrected chi connectivity index (χ2v) is 7.09. The number of rotatable bonds is 3. The van der Waals surface area contributed by atoms with Crippen molar-refractivity contribution in [3.05, 3.63) is 51.0 Å². The molecule has 1 aliphatic heterocycles. The average Bonchev–Trinajstić information content (AvgIpc) is 3.18. The van der Waals surface area contributed by atoms with Gasteiger partial charge in [-0.2, -0.15) is 4.98 Å². The Balaban J connectivity index is 1.76. The van der Waals surface area contributed by atoms with Gasteiger partial charge in [0.15, 0.2) is 6.23 Å². The molecule has 10 heteroatoms. The van der Waals surface area contributed by atoms with E-state index in [9.17, 15) is 20.1 Å². The van der Waals surface area contributed by atoms with Gasteiger partial charge in [0, 0.05) is 17.3 Å². The zero-order valence-electron chi connectivity index (χ0n) is 13.7. The second kappa shape index (κ2) is 6.90. The number of ether oxygens (including phenoxy) is 1. The number of nitrogens with zero attached hydrogens (tertiary/aromatic N) is 2. The first-order valence-corrected chi connectivity index (χ1v) is 8.84. The fraction of sp³-hybridized carbons (Fsp3) is 0.294. The average molecular weight is 412 g/mol. The number of H-pyrrole nitrogens is 1. The summed E-state index contributed by atoms with van der Waals surface area (Å²) in [4.78, 5) is 19.4. The predicted molar refractivity (Wildman–Crippen MR) is 98.8 cm³/mol. The van der Waals surface area contributed by atoms with Crippen LogP contribution >= 0.6 is 23.2 Å². The smallest absolute Gasteiger partial charge is 0.351 e. The van der Waals surface area contributed by atoms with Gasteiger partial charge in [0.1, 0.15) is 24.0 Å². The lowest BCUT2D eigenvalue weighted by Crippen LogP contribution is -2.35. The summed E-state index contributed by atoms with van der Waals surface area (Å²) in [5.74, 6) is 0. The summed E-state index contributed by atoms with van der Waals surface area (Å²) in [7, 11) is 0. The standard InChI is InChI=1S/C17H15Cl2N3O5/c18-9-2-1-7(3-10(9)19)11-4-8-5-22(17(26)21-15(8)20-11)16-14(25)13(24)12(6-23)27-16/h1-5,12-14,16,23-25H,6H2,(H,20,21,26)/t12-,13-,14+,16-/m1/s1. The lowest BCUT2D eigenvalue weighted by molar-refractivity contribution is -0.0547. The summed E-state index contributed by atoms with van der Waals surface area (Å²) in [6, 6.07) is 6.89. The van der Waals surface area contributed by atoms with Crippen molar-refractivity contribution in [3.8, 4) is 11.3 Å². The highest BCUT2D eigenvalue weighted by molar-refractivity contribution is 6.42.